The number of ether oxygens (including phenoxy) is 2. The van der Waals surface area contributed by atoms with Gasteiger partial charge in [0.2, 0.25) is 0 Å². The van der Waals surface area contributed by atoms with Crippen LogP contribution in [0, 0.1) is 11.8 Å². The Bertz CT molecular complexity index is 187. The highest BCUT2D eigenvalue weighted by molar-refractivity contribution is 5.84. The van der Waals surface area contributed by atoms with E-state index in [4.69, 9.17) is 0 Å². The molecule has 2 atom stereocenters. The van der Waals surface area contributed by atoms with Gasteiger partial charge in [-0.05, 0) is 0 Å². The summed E-state index contributed by atoms with van der Waals surface area (Å²) in [7, 11) is 1.30. The Labute approximate surface area is 64.5 Å². The summed E-state index contributed by atoms with van der Waals surface area (Å²) in [5, 5.41) is 0. The van der Waals surface area contributed by atoms with Crippen LogP contribution in [0.5, 0.6) is 0 Å². The van der Waals surface area contributed by atoms with Crippen LogP contribution in [0.2, 0.25) is 0 Å². The molecule has 1 rings (SSSR count). The highest BCUT2D eigenvalue weighted by Crippen LogP contribution is 2.22. The van der Waals surface area contributed by atoms with Crippen LogP contribution in [0.4, 0.5) is 0 Å². The number of rotatable bonds is 1. The third-order valence-corrected chi connectivity index (χ3v) is 1.88. The molecule has 1 fully saturated rings. The van der Waals surface area contributed by atoms with Gasteiger partial charge in [-0.1, -0.05) is 6.92 Å². The van der Waals surface area contributed by atoms with Crippen LogP contribution in [0.3, 0.4) is 0 Å². The number of carbonyl (C=O) groups is 2. The molecule has 1 saturated heterocycles. The average molecular weight is 158 g/mol. The van der Waals surface area contributed by atoms with Crippen molar-refractivity contribution >= 4 is 11.9 Å². The molecule has 62 valence electrons. The minimum atomic E-state index is -0.410. The smallest absolute Gasteiger partial charge is 0.313 e. The second kappa shape index (κ2) is 2.90. The van der Waals surface area contributed by atoms with E-state index in [2.05, 4.69) is 9.47 Å². The molecule has 0 aromatic heterocycles. The molecule has 0 spiro atoms. The van der Waals surface area contributed by atoms with E-state index in [-0.39, 0.29) is 24.5 Å². The second-order valence-corrected chi connectivity index (χ2v) is 2.55. The lowest BCUT2D eigenvalue weighted by Gasteiger charge is -2.06. The molecule has 4 heteroatoms. The number of hydrogen-bond acceptors (Lipinski definition) is 4. The van der Waals surface area contributed by atoms with Gasteiger partial charge in [-0.3, -0.25) is 9.59 Å². The van der Waals surface area contributed by atoms with E-state index in [1.807, 2.05) is 0 Å². The molecule has 1 aliphatic rings. The molecule has 0 aliphatic carbocycles. The predicted molar refractivity (Wildman–Crippen MR) is 35.6 cm³/mol. The van der Waals surface area contributed by atoms with E-state index >= 15 is 0 Å². The van der Waals surface area contributed by atoms with E-state index in [1.54, 1.807) is 6.92 Å². The summed E-state index contributed by atoms with van der Waals surface area (Å²) in [6.07, 6.45) is 0. The Kier molecular flexibility index (Phi) is 2.12. The highest BCUT2D eigenvalue weighted by atomic mass is 16.6. The maximum Gasteiger partial charge on any atom is 0.313 e. The fraction of sp³-hybridized carbons (Fsp3) is 0.714. The lowest BCUT2D eigenvalue weighted by Crippen LogP contribution is -2.22. The molecule has 1 aliphatic heterocycles. The zero-order valence-corrected chi connectivity index (χ0v) is 6.49. The van der Waals surface area contributed by atoms with Gasteiger partial charge < -0.3 is 9.47 Å². The molecule has 0 unspecified atom stereocenters. The Morgan fingerprint density at radius 2 is 2.36 bits per heavy atom. The van der Waals surface area contributed by atoms with Crippen LogP contribution in [0.25, 0.3) is 0 Å². The van der Waals surface area contributed by atoms with Gasteiger partial charge >= 0.3 is 11.9 Å². The SMILES string of the molecule is COC(=O)[C@H]1COC(=O)[C@@H]1C. The number of esters is 2. The van der Waals surface area contributed by atoms with Gasteiger partial charge in [-0.25, -0.2) is 0 Å². The molecule has 0 amide bonds. The number of methoxy groups -OCH3 is 1. The van der Waals surface area contributed by atoms with E-state index in [0.717, 1.165) is 0 Å². The molecule has 0 saturated carbocycles. The molecule has 0 N–H and O–H groups in total. The van der Waals surface area contributed by atoms with E-state index in [9.17, 15) is 9.59 Å². The first-order valence-corrected chi connectivity index (χ1v) is 3.41. The molecule has 0 bridgehead atoms. The Hall–Kier alpha value is -1.06. The minimum Gasteiger partial charge on any atom is -0.469 e. The number of carbonyl (C=O) groups excluding carboxylic acids is 2. The summed E-state index contributed by atoms with van der Waals surface area (Å²) in [6.45, 7) is 1.82. The fourth-order valence-electron chi connectivity index (χ4n) is 1.04. The summed E-state index contributed by atoms with van der Waals surface area (Å²) < 4.78 is 9.14. The van der Waals surface area contributed by atoms with Crippen molar-refractivity contribution in [3.63, 3.8) is 0 Å². The lowest BCUT2D eigenvalue weighted by atomic mass is 9.98. The maximum absolute atomic E-state index is 10.9. The van der Waals surface area contributed by atoms with E-state index in [0.29, 0.717) is 0 Å². The molecule has 0 aromatic rings. The second-order valence-electron chi connectivity index (χ2n) is 2.55. The van der Waals surface area contributed by atoms with Gasteiger partial charge in [0.25, 0.3) is 0 Å². The summed E-state index contributed by atoms with van der Waals surface area (Å²) >= 11 is 0. The standard InChI is InChI=1S/C7H10O4/c1-4-5(7(9)10-2)3-11-6(4)8/h4-5H,3H2,1-2H3/t4-,5+/m1/s1. The zero-order valence-electron chi connectivity index (χ0n) is 6.49. The Morgan fingerprint density at radius 1 is 1.73 bits per heavy atom. The van der Waals surface area contributed by atoms with Crippen molar-refractivity contribution in [3.05, 3.63) is 0 Å². The monoisotopic (exact) mass is 158 g/mol. The maximum atomic E-state index is 10.9. The van der Waals surface area contributed by atoms with Crippen LogP contribution in [-0.4, -0.2) is 25.7 Å². The van der Waals surface area contributed by atoms with Crippen molar-refractivity contribution in [1.82, 2.24) is 0 Å². The average Bonchev–Trinajstić information content (AvgIpc) is 2.32. The predicted octanol–water partition coefficient (Wildman–Crippen LogP) is -0.0315. The third kappa shape index (κ3) is 1.34. The lowest BCUT2D eigenvalue weighted by molar-refractivity contribution is -0.147. The van der Waals surface area contributed by atoms with Gasteiger partial charge in [0.1, 0.15) is 12.5 Å². The van der Waals surface area contributed by atoms with Gasteiger partial charge in [0, 0.05) is 0 Å². The summed E-state index contributed by atoms with van der Waals surface area (Å²) in [5.74, 6) is -1.46. The van der Waals surface area contributed by atoms with Crippen molar-refractivity contribution in [1.29, 1.82) is 0 Å². The molecular formula is C7H10O4. The molecule has 1 heterocycles. The Balaban J connectivity index is 2.61. The summed E-state index contributed by atoms with van der Waals surface area (Å²) in [5.41, 5.74) is 0. The Morgan fingerprint density at radius 3 is 2.73 bits per heavy atom. The van der Waals surface area contributed by atoms with Crippen LogP contribution in [-0.2, 0) is 19.1 Å². The molecule has 0 radical (unpaired) electrons. The largest absolute Gasteiger partial charge is 0.469 e. The molecule has 0 aromatic carbocycles. The first-order chi connectivity index (χ1) is 5.16. The molecule has 11 heavy (non-hydrogen) atoms. The van der Waals surface area contributed by atoms with Gasteiger partial charge in [-0.15, -0.1) is 0 Å². The first kappa shape index (κ1) is 8.04. The third-order valence-electron chi connectivity index (χ3n) is 1.88. The number of hydrogen-bond donors (Lipinski definition) is 0. The van der Waals surface area contributed by atoms with Crippen molar-refractivity contribution in [2.24, 2.45) is 11.8 Å². The van der Waals surface area contributed by atoms with Crippen molar-refractivity contribution in [2.75, 3.05) is 13.7 Å². The van der Waals surface area contributed by atoms with Crippen LogP contribution in [0.1, 0.15) is 6.92 Å². The van der Waals surface area contributed by atoms with Crippen LogP contribution >= 0.6 is 0 Å². The van der Waals surface area contributed by atoms with E-state index in [1.165, 1.54) is 7.11 Å². The van der Waals surface area contributed by atoms with Gasteiger partial charge in [0.05, 0.1) is 13.0 Å². The topological polar surface area (TPSA) is 52.6 Å². The number of cyclic esters (lactones) is 1. The highest BCUT2D eigenvalue weighted by Gasteiger charge is 2.38. The zero-order chi connectivity index (χ0) is 8.43. The van der Waals surface area contributed by atoms with Crippen molar-refractivity contribution in [3.8, 4) is 0 Å². The van der Waals surface area contributed by atoms with Crippen molar-refractivity contribution in [2.45, 2.75) is 6.92 Å². The minimum absolute atomic E-state index is 0.159. The fourth-order valence-corrected chi connectivity index (χ4v) is 1.04. The summed E-state index contributed by atoms with van der Waals surface area (Å²) in [6, 6.07) is 0. The molecule has 4 nitrogen and oxygen atoms in total. The van der Waals surface area contributed by atoms with Crippen LogP contribution in [0.15, 0.2) is 0 Å². The van der Waals surface area contributed by atoms with E-state index < -0.39 is 5.92 Å². The normalized spacial score (nSPS) is 29.8. The van der Waals surface area contributed by atoms with Gasteiger partial charge in [-0.2, -0.15) is 0 Å². The van der Waals surface area contributed by atoms with Gasteiger partial charge in [0.15, 0.2) is 0 Å². The first-order valence-electron chi connectivity index (χ1n) is 3.41. The molecular weight excluding hydrogens is 148 g/mol. The van der Waals surface area contributed by atoms with Crippen molar-refractivity contribution < 1.29 is 19.1 Å². The van der Waals surface area contributed by atoms with Crippen LogP contribution < -0.4 is 0 Å². The quantitative estimate of drug-likeness (QED) is 0.503. The summed E-state index contributed by atoms with van der Waals surface area (Å²) in [4.78, 5) is 21.7.